The summed E-state index contributed by atoms with van der Waals surface area (Å²) >= 11 is 0. The molecule has 0 fully saturated rings. The number of amides is 1. The summed E-state index contributed by atoms with van der Waals surface area (Å²) in [5.74, 6) is 1.38. The van der Waals surface area contributed by atoms with Crippen LogP contribution in [0.5, 0.6) is 5.75 Å². The van der Waals surface area contributed by atoms with Gasteiger partial charge in [-0.25, -0.2) is 4.98 Å². The largest absolute Gasteiger partial charge is 0.489 e. The first-order chi connectivity index (χ1) is 12.8. The topological polar surface area (TPSA) is 87.0 Å². The summed E-state index contributed by atoms with van der Waals surface area (Å²) < 4.78 is 5.79. The molecule has 0 unspecified atom stereocenters. The minimum atomic E-state index is -0.206. The molecular formula is C20H24N4O2. The number of nitrogens with one attached hydrogen (secondary N) is 2. The van der Waals surface area contributed by atoms with Gasteiger partial charge >= 0.3 is 0 Å². The summed E-state index contributed by atoms with van der Waals surface area (Å²) in [6, 6.07) is 13.8. The Hall–Kier alpha value is -3.07. The molecule has 6 nitrogen and oxygen atoms in total. The highest BCUT2D eigenvalue weighted by molar-refractivity contribution is 5.77. The van der Waals surface area contributed by atoms with Crippen LogP contribution in [0.1, 0.15) is 37.7 Å². The van der Waals surface area contributed by atoms with Gasteiger partial charge in [-0.15, -0.1) is 0 Å². The van der Waals surface area contributed by atoms with Crippen molar-refractivity contribution in [3.63, 3.8) is 0 Å². The van der Waals surface area contributed by atoms with E-state index in [4.69, 9.17) is 10.00 Å². The maximum Gasteiger partial charge on any atom is 0.232 e. The van der Waals surface area contributed by atoms with Gasteiger partial charge in [0.15, 0.2) is 6.19 Å². The predicted octanol–water partition coefficient (Wildman–Crippen LogP) is 3.62. The molecule has 6 heteroatoms. The second kappa shape index (κ2) is 11.5. The molecule has 0 saturated heterocycles. The number of carbonyl (C=O) groups excluding carboxylic acids is 1. The Labute approximate surface area is 154 Å². The van der Waals surface area contributed by atoms with Gasteiger partial charge in [0.05, 0.1) is 0 Å². The number of carbonyl (C=O) groups is 1. The molecule has 26 heavy (non-hydrogen) atoms. The molecular weight excluding hydrogens is 328 g/mol. The Morgan fingerprint density at radius 3 is 2.73 bits per heavy atom. The van der Waals surface area contributed by atoms with Gasteiger partial charge in [0.1, 0.15) is 18.2 Å². The fourth-order valence-corrected chi connectivity index (χ4v) is 2.44. The Kier molecular flexibility index (Phi) is 8.50. The highest BCUT2D eigenvalue weighted by atomic mass is 16.5. The van der Waals surface area contributed by atoms with Crippen LogP contribution in [-0.4, -0.2) is 17.4 Å². The van der Waals surface area contributed by atoms with E-state index in [0.29, 0.717) is 13.0 Å². The molecule has 0 aliphatic heterocycles. The molecule has 2 N–H and O–H groups in total. The molecule has 0 aliphatic rings. The van der Waals surface area contributed by atoms with E-state index in [2.05, 4.69) is 15.6 Å². The zero-order valence-electron chi connectivity index (χ0n) is 14.8. The Morgan fingerprint density at radius 1 is 1.12 bits per heavy atom. The minimum Gasteiger partial charge on any atom is -0.489 e. The van der Waals surface area contributed by atoms with Crippen LogP contribution in [0.25, 0.3) is 0 Å². The summed E-state index contributed by atoms with van der Waals surface area (Å²) in [7, 11) is 0. The van der Waals surface area contributed by atoms with Crippen molar-refractivity contribution in [3.8, 4) is 11.9 Å². The standard InChI is InChI=1S/C20H24N4O2/c21-16-24-20(25)10-6-1-2-7-12-22-19-14-18(11-13-23-19)26-15-17-8-4-3-5-9-17/h3-5,8-9,11,13-14H,1-2,6-7,10,12,15H2,(H,22,23)(H,24,25). The fourth-order valence-electron chi connectivity index (χ4n) is 2.44. The fraction of sp³-hybridized carbons (Fsp3) is 0.350. The van der Waals surface area contributed by atoms with Gasteiger partial charge in [-0.2, -0.15) is 5.26 Å². The normalized spacial score (nSPS) is 9.96. The zero-order valence-corrected chi connectivity index (χ0v) is 14.8. The third kappa shape index (κ3) is 7.67. The maximum atomic E-state index is 11.1. The highest BCUT2D eigenvalue weighted by Gasteiger charge is 2.01. The molecule has 1 amide bonds. The molecule has 0 radical (unpaired) electrons. The first-order valence-electron chi connectivity index (χ1n) is 8.82. The van der Waals surface area contributed by atoms with Crippen molar-refractivity contribution in [3.05, 3.63) is 54.2 Å². The van der Waals surface area contributed by atoms with E-state index < -0.39 is 0 Å². The first-order valence-corrected chi connectivity index (χ1v) is 8.82. The number of nitriles is 1. The first kappa shape index (κ1) is 19.3. The van der Waals surface area contributed by atoms with Crippen LogP contribution < -0.4 is 15.4 Å². The Bertz CT molecular complexity index is 713. The van der Waals surface area contributed by atoms with Gasteiger partial charge < -0.3 is 10.1 Å². The molecule has 136 valence electrons. The van der Waals surface area contributed by atoms with Crippen LogP contribution in [0.2, 0.25) is 0 Å². The minimum absolute atomic E-state index is 0.206. The summed E-state index contributed by atoms with van der Waals surface area (Å²) in [5.41, 5.74) is 1.13. The number of pyridine rings is 1. The van der Waals surface area contributed by atoms with Crippen LogP contribution in [0.15, 0.2) is 48.7 Å². The number of ether oxygens (including phenoxy) is 1. The summed E-state index contributed by atoms with van der Waals surface area (Å²) in [6.07, 6.45) is 7.57. The quantitative estimate of drug-likeness (QED) is 0.366. The van der Waals surface area contributed by atoms with Crippen molar-refractivity contribution in [2.75, 3.05) is 11.9 Å². The van der Waals surface area contributed by atoms with Gasteiger partial charge in [0.25, 0.3) is 0 Å². The number of nitrogens with zero attached hydrogens (tertiary/aromatic N) is 2. The summed E-state index contributed by atoms with van der Waals surface area (Å²) in [4.78, 5) is 15.4. The highest BCUT2D eigenvalue weighted by Crippen LogP contribution is 2.16. The van der Waals surface area contributed by atoms with E-state index in [-0.39, 0.29) is 5.91 Å². The summed E-state index contributed by atoms with van der Waals surface area (Å²) in [5, 5.41) is 13.7. The second-order valence-electron chi connectivity index (χ2n) is 5.90. The van der Waals surface area contributed by atoms with E-state index >= 15 is 0 Å². The van der Waals surface area contributed by atoms with Crippen molar-refractivity contribution in [1.29, 1.82) is 5.26 Å². The number of rotatable bonds is 11. The molecule has 2 aromatic rings. The van der Waals surface area contributed by atoms with E-state index in [1.807, 2.05) is 42.5 Å². The molecule has 0 aliphatic carbocycles. The lowest BCUT2D eigenvalue weighted by Gasteiger charge is -2.09. The molecule has 1 aromatic heterocycles. The van der Waals surface area contributed by atoms with Crippen LogP contribution in [0, 0.1) is 11.5 Å². The predicted molar refractivity (Wildman–Crippen MR) is 100 cm³/mol. The van der Waals surface area contributed by atoms with Crippen LogP contribution in [-0.2, 0) is 11.4 Å². The number of anilines is 1. The lowest BCUT2D eigenvalue weighted by Crippen LogP contribution is -2.16. The third-order valence-corrected chi connectivity index (χ3v) is 3.81. The molecule has 0 bridgehead atoms. The van der Waals surface area contributed by atoms with Crippen LogP contribution in [0.3, 0.4) is 0 Å². The van der Waals surface area contributed by atoms with Crippen molar-refractivity contribution in [2.45, 2.75) is 38.7 Å². The van der Waals surface area contributed by atoms with Gasteiger partial charge in [-0.1, -0.05) is 43.2 Å². The van der Waals surface area contributed by atoms with E-state index in [1.165, 1.54) is 0 Å². The second-order valence-corrected chi connectivity index (χ2v) is 5.90. The number of benzene rings is 1. The lowest BCUT2D eigenvalue weighted by molar-refractivity contribution is -0.120. The monoisotopic (exact) mass is 352 g/mol. The molecule has 1 heterocycles. The van der Waals surface area contributed by atoms with Gasteiger partial charge in [-0.05, 0) is 24.5 Å². The average molecular weight is 352 g/mol. The third-order valence-electron chi connectivity index (χ3n) is 3.81. The summed E-state index contributed by atoms with van der Waals surface area (Å²) in [6.45, 7) is 1.35. The number of hydrogen-bond donors (Lipinski definition) is 2. The molecule has 2 rings (SSSR count). The average Bonchev–Trinajstić information content (AvgIpc) is 2.67. The van der Waals surface area contributed by atoms with E-state index in [0.717, 1.165) is 49.4 Å². The Balaban J connectivity index is 1.61. The SMILES string of the molecule is N#CNC(=O)CCCCCCNc1cc(OCc2ccccc2)ccn1. The maximum absolute atomic E-state index is 11.1. The number of hydrogen-bond acceptors (Lipinski definition) is 5. The molecule has 1 aromatic carbocycles. The van der Waals surface area contributed by atoms with Gasteiger partial charge in [0, 0.05) is 25.2 Å². The Morgan fingerprint density at radius 2 is 1.92 bits per heavy atom. The van der Waals surface area contributed by atoms with Crippen LogP contribution >= 0.6 is 0 Å². The number of aromatic nitrogens is 1. The molecule has 0 atom stereocenters. The number of unbranched alkanes of at least 4 members (excludes halogenated alkanes) is 3. The molecule has 0 saturated carbocycles. The zero-order chi connectivity index (χ0) is 18.5. The van der Waals surface area contributed by atoms with Gasteiger partial charge in [0.2, 0.25) is 5.91 Å². The van der Waals surface area contributed by atoms with Gasteiger partial charge in [-0.3, -0.25) is 10.1 Å². The van der Waals surface area contributed by atoms with Crippen molar-refractivity contribution >= 4 is 11.7 Å². The van der Waals surface area contributed by atoms with E-state index in [1.54, 1.807) is 12.4 Å². The van der Waals surface area contributed by atoms with Crippen molar-refractivity contribution in [1.82, 2.24) is 10.3 Å². The molecule has 0 spiro atoms. The lowest BCUT2D eigenvalue weighted by atomic mass is 10.1. The van der Waals surface area contributed by atoms with Crippen molar-refractivity contribution in [2.24, 2.45) is 0 Å². The van der Waals surface area contributed by atoms with Crippen molar-refractivity contribution < 1.29 is 9.53 Å². The smallest absolute Gasteiger partial charge is 0.232 e. The van der Waals surface area contributed by atoms with Crippen LogP contribution in [0.4, 0.5) is 5.82 Å². The van der Waals surface area contributed by atoms with E-state index in [9.17, 15) is 4.79 Å².